The van der Waals surface area contributed by atoms with Crippen molar-refractivity contribution in [2.75, 3.05) is 4.90 Å². The number of hydrogen-bond acceptors (Lipinski definition) is 1. The highest BCUT2D eigenvalue weighted by molar-refractivity contribution is 5.97. The number of allylic oxidation sites excluding steroid dienone is 6. The largest absolute Gasteiger partial charge is 0.314 e. The molecule has 1 heteroatoms. The van der Waals surface area contributed by atoms with Crippen LogP contribution in [0, 0.1) is 0 Å². The number of benzene rings is 8. The fourth-order valence-corrected chi connectivity index (χ4v) is 10.8. The Labute approximate surface area is 372 Å². The van der Waals surface area contributed by atoms with Crippen LogP contribution in [0.4, 0.5) is 11.4 Å². The smallest absolute Gasteiger partial charge is 0.0539 e. The van der Waals surface area contributed by atoms with Gasteiger partial charge in [-0.05, 0) is 182 Å². The van der Waals surface area contributed by atoms with Crippen molar-refractivity contribution in [2.45, 2.75) is 51.4 Å². The first-order valence-electron chi connectivity index (χ1n) is 22.9. The second-order valence-corrected chi connectivity index (χ2v) is 17.8. The molecule has 0 unspecified atom stereocenters. The van der Waals surface area contributed by atoms with Gasteiger partial charge < -0.3 is 4.90 Å². The van der Waals surface area contributed by atoms with Gasteiger partial charge in [0.15, 0.2) is 0 Å². The van der Waals surface area contributed by atoms with Gasteiger partial charge in [0.1, 0.15) is 0 Å². The van der Waals surface area contributed by atoms with E-state index in [2.05, 4.69) is 205 Å². The summed E-state index contributed by atoms with van der Waals surface area (Å²) in [6.45, 7) is 0. The van der Waals surface area contributed by atoms with Crippen LogP contribution in [0.2, 0.25) is 0 Å². The average Bonchev–Trinajstić information content (AvgIpc) is 3.92. The van der Waals surface area contributed by atoms with Crippen molar-refractivity contribution in [3.63, 3.8) is 0 Å². The lowest BCUT2D eigenvalue weighted by Gasteiger charge is -2.32. The Balaban J connectivity index is 0.928. The molecule has 0 aliphatic heterocycles. The van der Waals surface area contributed by atoms with Crippen molar-refractivity contribution in [1.82, 2.24) is 0 Å². The molecule has 0 atom stereocenters. The topological polar surface area (TPSA) is 3.24 Å². The minimum Gasteiger partial charge on any atom is -0.314 e. The summed E-state index contributed by atoms with van der Waals surface area (Å²) in [7, 11) is 0. The number of rotatable bonds is 8. The number of hydrogen-bond donors (Lipinski definition) is 0. The van der Waals surface area contributed by atoms with Gasteiger partial charge in [-0.3, -0.25) is 0 Å². The summed E-state index contributed by atoms with van der Waals surface area (Å²) >= 11 is 0. The summed E-state index contributed by atoms with van der Waals surface area (Å²) in [6, 6.07) is 68.2. The Morgan fingerprint density at radius 2 is 0.905 bits per heavy atom. The molecular weight excluding hydrogens is 759 g/mol. The fraction of sp³-hybridized carbons (Fsp3) is 0.129. The summed E-state index contributed by atoms with van der Waals surface area (Å²) in [5, 5.41) is 0. The molecule has 0 spiro atoms. The van der Waals surface area contributed by atoms with Crippen molar-refractivity contribution >= 4 is 22.5 Å². The summed E-state index contributed by atoms with van der Waals surface area (Å²) in [5.41, 5.74) is 28.2. The van der Waals surface area contributed by atoms with Crippen molar-refractivity contribution in [3.05, 3.63) is 239 Å². The maximum atomic E-state index is 2.57. The SMILES string of the molecule is C1=C(c2ccc(-c3ccc(N(C4=CC=C(c5ccc(-c6ccccc6)cc5)CC4)c4cccc5c4-c4cc6c(cc4C5)-c4c(cccc4-c4ccccc4)C6)cc3)cc2)CCCC1. The van der Waals surface area contributed by atoms with Gasteiger partial charge in [0, 0.05) is 16.9 Å². The van der Waals surface area contributed by atoms with Crippen LogP contribution in [-0.4, -0.2) is 0 Å². The lowest BCUT2D eigenvalue weighted by atomic mass is 9.92. The zero-order valence-electron chi connectivity index (χ0n) is 35.7. The van der Waals surface area contributed by atoms with E-state index in [1.54, 1.807) is 0 Å². The first-order valence-corrected chi connectivity index (χ1v) is 22.9. The van der Waals surface area contributed by atoms with Crippen LogP contribution in [0.25, 0.3) is 66.8 Å². The standard InChI is InChI=1S/C62H49N/c1-4-12-42(13-5-1)44-22-26-46(27-23-44)48-30-34-55(35-31-48)63(56-36-32-49(33-37-56)47-28-24-45(25-29-47)43-14-6-2-7-15-43)60-21-11-19-52-39-54-40-58-53(41-59(54)62(52)60)38-51-18-10-20-57(61(51)58)50-16-8-3-9-17-50/h1,3-5,8-14,16-30,32-34,36-37,40-41H,2,6-7,15,31,35,38-39H2. The predicted octanol–water partition coefficient (Wildman–Crippen LogP) is 16.7. The molecule has 0 heterocycles. The molecule has 63 heavy (non-hydrogen) atoms. The third-order valence-corrected chi connectivity index (χ3v) is 14.0. The van der Waals surface area contributed by atoms with Crippen LogP contribution in [0.5, 0.6) is 0 Å². The molecule has 302 valence electrons. The van der Waals surface area contributed by atoms with Crippen LogP contribution in [0.15, 0.2) is 206 Å². The summed E-state index contributed by atoms with van der Waals surface area (Å²) < 4.78 is 0. The molecule has 0 saturated carbocycles. The molecule has 0 aromatic heterocycles. The van der Waals surface area contributed by atoms with Crippen LogP contribution in [0.3, 0.4) is 0 Å². The Hall–Kier alpha value is -7.22. The monoisotopic (exact) mass is 807 g/mol. The molecule has 0 N–H and O–H groups in total. The van der Waals surface area contributed by atoms with Crippen LogP contribution in [-0.2, 0) is 12.8 Å². The normalized spacial score (nSPS) is 14.8. The van der Waals surface area contributed by atoms with E-state index in [0.717, 1.165) is 25.7 Å². The van der Waals surface area contributed by atoms with E-state index in [9.17, 15) is 0 Å². The minimum absolute atomic E-state index is 0.941. The van der Waals surface area contributed by atoms with E-state index in [-0.39, 0.29) is 0 Å². The summed E-state index contributed by atoms with van der Waals surface area (Å²) in [6.07, 6.45) is 16.0. The first-order chi connectivity index (χ1) is 31.2. The molecule has 12 rings (SSSR count). The van der Waals surface area contributed by atoms with E-state index >= 15 is 0 Å². The van der Waals surface area contributed by atoms with Gasteiger partial charge in [0.2, 0.25) is 0 Å². The van der Waals surface area contributed by atoms with Gasteiger partial charge in [-0.25, -0.2) is 0 Å². The second-order valence-electron chi connectivity index (χ2n) is 17.8. The zero-order valence-corrected chi connectivity index (χ0v) is 35.7. The molecule has 0 bridgehead atoms. The van der Waals surface area contributed by atoms with E-state index in [1.165, 1.54) is 143 Å². The minimum atomic E-state index is 0.941. The number of anilines is 2. The third-order valence-electron chi connectivity index (χ3n) is 14.0. The van der Waals surface area contributed by atoms with Crippen LogP contribution >= 0.6 is 0 Å². The Morgan fingerprint density at radius 3 is 1.52 bits per heavy atom. The lowest BCUT2D eigenvalue weighted by Crippen LogP contribution is -2.19. The highest BCUT2D eigenvalue weighted by atomic mass is 15.2. The molecule has 8 aromatic carbocycles. The molecular formula is C62H49N. The summed E-state index contributed by atoms with van der Waals surface area (Å²) in [4.78, 5) is 2.57. The zero-order chi connectivity index (χ0) is 41.7. The van der Waals surface area contributed by atoms with Gasteiger partial charge in [0.05, 0.1) is 5.69 Å². The molecule has 4 aliphatic rings. The quantitative estimate of drug-likeness (QED) is 0.148. The van der Waals surface area contributed by atoms with E-state index in [0.29, 0.717) is 0 Å². The van der Waals surface area contributed by atoms with Crippen molar-refractivity contribution < 1.29 is 0 Å². The van der Waals surface area contributed by atoms with Crippen molar-refractivity contribution in [3.8, 4) is 55.6 Å². The first kappa shape index (κ1) is 37.5. The molecule has 0 radical (unpaired) electrons. The van der Waals surface area contributed by atoms with Gasteiger partial charge >= 0.3 is 0 Å². The molecule has 8 aromatic rings. The van der Waals surface area contributed by atoms with Crippen LogP contribution in [0.1, 0.15) is 71.9 Å². The van der Waals surface area contributed by atoms with Gasteiger partial charge in [-0.15, -0.1) is 0 Å². The third kappa shape index (κ3) is 6.89. The van der Waals surface area contributed by atoms with Gasteiger partial charge in [0.25, 0.3) is 0 Å². The molecule has 0 amide bonds. The second kappa shape index (κ2) is 15.9. The van der Waals surface area contributed by atoms with Crippen molar-refractivity contribution in [2.24, 2.45) is 0 Å². The van der Waals surface area contributed by atoms with E-state index in [1.807, 2.05) is 0 Å². The fourth-order valence-electron chi connectivity index (χ4n) is 10.8. The van der Waals surface area contributed by atoms with Gasteiger partial charge in [-0.1, -0.05) is 164 Å². The van der Waals surface area contributed by atoms with Crippen molar-refractivity contribution in [1.29, 1.82) is 0 Å². The predicted molar refractivity (Wildman–Crippen MR) is 266 cm³/mol. The Bertz CT molecular complexity index is 3110. The van der Waals surface area contributed by atoms with E-state index < -0.39 is 0 Å². The molecule has 1 nitrogen and oxygen atoms in total. The van der Waals surface area contributed by atoms with Gasteiger partial charge in [-0.2, -0.15) is 0 Å². The maximum absolute atomic E-state index is 2.57. The molecule has 0 saturated heterocycles. The average molecular weight is 808 g/mol. The highest BCUT2D eigenvalue weighted by Crippen LogP contribution is 2.52. The number of fused-ring (bicyclic) bond motifs is 6. The Morgan fingerprint density at radius 1 is 0.349 bits per heavy atom. The lowest BCUT2D eigenvalue weighted by molar-refractivity contribution is 0.742. The van der Waals surface area contributed by atoms with Crippen LogP contribution < -0.4 is 4.90 Å². The van der Waals surface area contributed by atoms with E-state index in [4.69, 9.17) is 0 Å². The Kier molecular flexibility index (Phi) is 9.48. The number of nitrogens with zero attached hydrogens (tertiary/aromatic N) is 1. The highest BCUT2D eigenvalue weighted by Gasteiger charge is 2.31. The molecule has 4 aliphatic carbocycles. The molecule has 0 fully saturated rings. The summed E-state index contributed by atoms with van der Waals surface area (Å²) in [5.74, 6) is 0. The maximum Gasteiger partial charge on any atom is 0.0539 e.